The van der Waals surface area contributed by atoms with Gasteiger partial charge in [-0.1, -0.05) is 134 Å². The average Bonchev–Trinajstić information content (AvgIpc) is 3.54. The zero-order valence-corrected chi connectivity index (χ0v) is 31.1. The van der Waals surface area contributed by atoms with Crippen LogP contribution in [0.15, 0.2) is 43.0 Å². The van der Waals surface area contributed by atoms with Gasteiger partial charge in [0.05, 0.1) is 45.4 Å². The number of nitrogen functional groups attached to an aromatic ring is 1. The van der Waals surface area contributed by atoms with Gasteiger partial charge in [-0.15, -0.1) is 0 Å². The lowest BCUT2D eigenvalue weighted by atomic mass is 10.0. The highest BCUT2D eigenvalue weighted by atomic mass is 31.2. The van der Waals surface area contributed by atoms with E-state index in [-0.39, 0.29) is 25.6 Å². The number of aliphatic hydroxyl groups is 1. The van der Waals surface area contributed by atoms with Crippen molar-refractivity contribution in [2.24, 2.45) is 0 Å². The largest absolute Gasteiger partial charge is 0.394 e. The molecule has 0 aliphatic rings. The van der Waals surface area contributed by atoms with Crippen LogP contribution in [0.4, 0.5) is 5.82 Å². The molecular formula is C37H62N5O7P. The zero-order chi connectivity index (χ0) is 35.7. The topological polar surface area (TPSA) is 164 Å². The van der Waals surface area contributed by atoms with Crippen LogP contribution in [0.25, 0.3) is 11.2 Å². The minimum atomic E-state index is -4.17. The summed E-state index contributed by atoms with van der Waals surface area (Å²) in [5, 5.41) is 9.86. The Balaban J connectivity index is 1.29. The smallest absolute Gasteiger partial charge is 0.353 e. The molecular weight excluding hydrogens is 657 g/mol. The van der Waals surface area contributed by atoms with E-state index in [2.05, 4.69) is 21.9 Å². The van der Waals surface area contributed by atoms with E-state index >= 15 is 0 Å². The SMILES string of the molecule is CCCCCCCCCCCCCCCCCCOC[C@@H](COP(=O)(O)CO[C@H](CO)Cn1cnc2c(N)ncnc21)OCc1ccccc1. The van der Waals surface area contributed by atoms with Gasteiger partial charge in [-0.25, -0.2) is 15.0 Å². The van der Waals surface area contributed by atoms with E-state index in [0.717, 1.165) is 18.4 Å². The number of anilines is 1. The predicted molar refractivity (Wildman–Crippen MR) is 198 cm³/mol. The van der Waals surface area contributed by atoms with Crippen LogP contribution in [0.3, 0.4) is 0 Å². The lowest BCUT2D eigenvalue weighted by Crippen LogP contribution is -2.27. The summed E-state index contributed by atoms with van der Waals surface area (Å²) in [7, 11) is -4.17. The molecule has 50 heavy (non-hydrogen) atoms. The van der Waals surface area contributed by atoms with E-state index in [1.165, 1.54) is 103 Å². The van der Waals surface area contributed by atoms with Crippen molar-refractivity contribution in [3.8, 4) is 0 Å². The van der Waals surface area contributed by atoms with Gasteiger partial charge in [0.25, 0.3) is 0 Å². The van der Waals surface area contributed by atoms with Gasteiger partial charge in [0, 0.05) is 6.61 Å². The Labute approximate surface area is 299 Å². The third-order valence-corrected chi connectivity index (χ3v) is 9.77. The Morgan fingerprint density at radius 3 is 2.04 bits per heavy atom. The first-order chi connectivity index (χ1) is 24.4. The molecule has 2 heterocycles. The molecule has 0 saturated heterocycles. The van der Waals surface area contributed by atoms with Crippen LogP contribution in [0, 0.1) is 0 Å². The standard InChI is InChI=1S/C37H62N5O7P/c1-2-3-4-5-6-7-8-9-10-11-12-13-14-15-16-20-23-46-27-34(47-26-32-21-18-17-19-22-32)28-49-50(44,45)31-48-33(25-43)24-42-30-41-35-36(38)39-29-40-37(35)42/h17-19,21-22,29-30,33-34,43H,2-16,20,23-28,31H2,1H3,(H,44,45)(H2,38,39,40)/t33-,34-/m0/s1. The van der Waals surface area contributed by atoms with E-state index in [4.69, 9.17) is 24.5 Å². The second-order valence-corrected chi connectivity index (χ2v) is 14.9. The fourth-order valence-electron chi connectivity index (χ4n) is 5.75. The Bertz CT molecular complexity index is 1330. The third-order valence-electron chi connectivity index (χ3n) is 8.74. The van der Waals surface area contributed by atoms with Crippen molar-refractivity contribution < 1.29 is 33.3 Å². The molecule has 282 valence electrons. The van der Waals surface area contributed by atoms with E-state index < -0.39 is 32.8 Å². The summed E-state index contributed by atoms with van der Waals surface area (Å²) in [6.45, 7) is 3.03. The van der Waals surface area contributed by atoms with Crippen molar-refractivity contribution in [3.05, 3.63) is 48.5 Å². The van der Waals surface area contributed by atoms with Gasteiger partial charge in [0.1, 0.15) is 24.3 Å². The summed E-state index contributed by atoms with van der Waals surface area (Å²) in [5.41, 5.74) is 7.73. The van der Waals surface area contributed by atoms with Crippen LogP contribution in [-0.4, -0.2) is 74.5 Å². The molecule has 3 rings (SSSR count). The third kappa shape index (κ3) is 17.7. The lowest BCUT2D eigenvalue weighted by Gasteiger charge is -2.22. The molecule has 0 saturated carbocycles. The molecule has 0 amide bonds. The summed E-state index contributed by atoms with van der Waals surface area (Å²) in [4.78, 5) is 22.8. The van der Waals surface area contributed by atoms with E-state index in [9.17, 15) is 14.6 Å². The number of rotatable bonds is 31. The van der Waals surface area contributed by atoms with Crippen LogP contribution >= 0.6 is 7.60 Å². The summed E-state index contributed by atoms with van der Waals surface area (Å²) in [6.07, 6.45) is 21.9. The number of nitrogens with two attached hydrogens (primary N) is 1. The average molecular weight is 720 g/mol. The molecule has 0 aliphatic carbocycles. The number of fused-ring (bicyclic) bond motifs is 1. The molecule has 0 spiro atoms. The molecule has 3 aromatic rings. The van der Waals surface area contributed by atoms with Gasteiger partial charge < -0.3 is 39.0 Å². The predicted octanol–water partition coefficient (Wildman–Crippen LogP) is 7.81. The van der Waals surface area contributed by atoms with Crippen LogP contribution in [-0.2, 0) is 36.5 Å². The quantitative estimate of drug-likeness (QED) is 0.0439. The molecule has 12 nitrogen and oxygen atoms in total. The molecule has 0 aliphatic heterocycles. The Morgan fingerprint density at radius 2 is 1.42 bits per heavy atom. The highest BCUT2D eigenvalue weighted by Gasteiger charge is 2.25. The number of nitrogens with zero attached hydrogens (tertiary/aromatic N) is 4. The summed E-state index contributed by atoms with van der Waals surface area (Å²) in [6, 6.07) is 9.72. The molecule has 1 aromatic carbocycles. The zero-order valence-electron chi connectivity index (χ0n) is 30.2. The minimum absolute atomic E-state index is 0.138. The minimum Gasteiger partial charge on any atom is -0.394 e. The number of unbranched alkanes of at least 4 members (excludes halogenated alkanes) is 15. The van der Waals surface area contributed by atoms with Crippen molar-refractivity contribution in [2.75, 3.05) is 38.5 Å². The van der Waals surface area contributed by atoms with Crippen molar-refractivity contribution in [1.29, 1.82) is 0 Å². The summed E-state index contributed by atoms with van der Waals surface area (Å²) < 4.78 is 37.5. The first-order valence-electron chi connectivity index (χ1n) is 18.7. The number of aliphatic hydroxyl groups excluding tert-OH is 1. The van der Waals surface area contributed by atoms with Crippen molar-refractivity contribution in [3.63, 3.8) is 0 Å². The van der Waals surface area contributed by atoms with E-state index in [1.807, 2.05) is 30.3 Å². The number of ether oxygens (including phenoxy) is 3. The number of aromatic nitrogens is 4. The van der Waals surface area contributed by atoms with Gasteiger partial charge >= 0.3 is 7.60 Å². The fourth-order valence-corrected chi connectivity index (χ4v) is 6.62. The number of benzene rings is 1. The Hall–Kier alpha value is -2.44. The van der Waals surface area contributed by atoms with Gasteiger partial charge in [-0.05, 0) is 12.0 Å². The van der Waals surface area contributed by atoms with Crippen LogP contribution in [0.1, 0.15) is 115 Å². The maximum Gasteiger partial charge on any atom is 0.353 e. The monoisotopic (exact) mass is 719 g/mol. The summed E-state index contributed by atoms with van der Waals surface area (Å²) in [5.74, 6) is 0.238. The maximum absolute atomic E-state index is 12.9. The normalized spacial score (nSPS) is 14.2. The molecule has 1 unspecified atom stereocenters. The molecule has 13 heteroatoms. The molecule has 4 N–H and O–H groups in total. The maximum atomic E-state index is 12.9. The van der Waals surface area contributed by atoms with Crippen LogP contribution in [0.2, 0.25) is 0 Å². The van der Waals surface area contributed by atoms with E-state index in [1.54, 1.807) is 4.57 Å². The van der Waals surface area contributed by atoms with Gasteiger partial charge in [0.15, 0.2) is 11.5 Å². The Morgan fingerprint density at radius 1 is 0.800 bits per heavy atom. The highest BCUT2D eigenvalue weighted by molar-refractivity contribution is 7.52. The van der Waals surface area contributed by atoms with Crippen LogP contribution in [0.5, 0.6) is 0 Å². The highest BCUT2D eigenvalue weighted by Crippen LogP contribution is 2.42. The Kier molecular flexibility index (Phi) is 21.4. The van der Waals surface area contributed by atoms with Crippen LogP contribution < -0.4 is 5.73 Å². The van der Waals surface area contributed by atoms with Crippen molar-refractivity contribution in [2.45, 2.75) is 135 Å². The van der Waals surface area contributed by atoms with Crippen molar-refractivity contribution in [1.82, 2.24) is 19.5 Å². The van der Waals surface area contributed by atoms with Gasteiger partial charge in [0.2, 0.25) is 0 Å². The van der Waals surface area contributed by atoms with Gasteiger partial charge in [-0.2, -0.15) is 0 Å². The van der Waals surface area contributed by atoms with E-state index in [0.29, 0.717) is 24.4 Å². The van der Waals surface area contributed by atoms with Gasteiger partial charge in [-0.3, -0.25) is 4.57 Å². The molecule has 3 atom stereocenters. The second kappa shape index (κ2) is 25.5. The lowest BCUT2D eigenvalue weighted by molar-refractivity contribution is -0.0489. The molecule has 0 radical (unpaired) electrons. The number of imidazole rings is 1. The van der Waals surface area contributed by atoms with Crippen molar-refractivity contribution >= 4 is 24.6 Å². The first kappa shape index (κ1) is 42.0. The second-order valence-electron chi connectivity index (χ2n) is 13.2. The molecule has 0 fully saturated rings. The molecule has 2 aromatic heterocycles. The number of hydrogen-bond acceptors (Lipinski definition) is 10. The first-order valence-corrected chi connectivity index (χ1v) is 20.5. The molecule has 0 bridgehead atoms. The fraction of sp³-hybridized carbons (Fsp3) is 0.703. The summed E-state index contributed by atoms with van der Waals surface area (Å²) >= 11 is 0. The number of hydrogen-bond donors (Lipinski definition) is 3.